The molecule has 1 aromatic heterocycles. The summed E-state index contributed by atoms with van der Waals surface area (Å²) in [6.45, 7) is 0. The maximum Gasteiger partial charge on any atom is 0.389 e. The van der Waals surface area contributed by atoms with Gasteiger partial charge in [-0.15, -0.1) is 11.3 Å². The lowest BCUT2D eigenvalue weighted by molar-refractivity contribution is -0.142. The fourth-order valence-electron chi connectivity index (χ4n) is 1.01. The van der Waals surface area contributed by atoms with Crippen LogP contribution in [0.25, 0.3) is 0 Å². The molecule has 0 aromatic carbocycles. The Morgan fingerprint density at radius 2 is 2.07 bits per heavy atom. The van der Waals surface area contributed by atoms with E-state index in [1.165, 1.54) is 11.3 Å². The second-order valence-electron chi connectivity index (χ2n) is 3.04. The van der Waals surface area contributed by atoms with Gasteiger partial charge in [0.25, 0.3) is 0 Å². The lowest BCUT2D eigenvalue weighted by atomic mass is 10.1. The quantitative estimate of drug-likeness (QED) is 0.800. The zero-order chi connectivity index (χ0) is 11.5. The summed E-state index contributed by atoms with van der Waals surface area (Å²) in [5.41, 5.74) is 0. The first-order chi connectivity index (χ1) is 6.87. The number of thiophene rings is 1. The Morgan fingerprint density at radius 3 is 2.53 bits per heavy atom. The van der Waals surface area contributed by atoms with Crippen LogP contribution in [0.2, 0.25) is 4.34 Å². The van der Waals surface area contributed by atoms with Crippen molar-refractivity contribution in [1.82, 2.24) is 0 Å². The summed E-state index contributed by atoms with van der Waals surface area (Å²) >= 11 is 6.83. The average Bonchev–Trinajstić information content (AvgIpc) is 2.47. The Hall–Kier alpha value is -0.550. The van der Waals surface area contributed by atoms with Gasteiger partial charge < -0.3 is 0 Å². The summed E-state index contributed by atoms with van der Waals surface area (Å²) in [6.07, 6.45) is -5.74. The fourth-order valence-corrected chi connectivity index (χ4v) is 2.13. The Labute approximate surface area is 93.9 Å². The highest BCUT2D eigenvalue weighted by atomic mass is 35.5. The maximum absolute atomic E-state index is 11.8. The Kier molecular flexibility index (Phi) is 4.16. The summed E-state index contributed by atoms with van der Waals surface area (Å²) in [6, 6.07) is 3.27. The van der Waals surface area contributed by atoms with Crippen LogP contribution in [0.1, 0.15) is 17.7 Å². The minimum Gasteiger partial charge on any atom is -0.299 e. The molecule has 0 aliphatic heterocycles. The molecule has 0 saturated carbocycles. The van der Waals surface area contributed by atoms with Crippen molar-refractivity contribution in [1.29, 1.82) is 0 Å². The normalized spacial score (nSPS) is 11.7. The van der Waals surface area contributed by atoms with Crippen LogP contribution in [0.3, 0.4) is 0 Å². The van der Waals surface area contributed by atoms with Gasteiger partial charge in [0.15, 0.2) is 0 Å². The standard InChI is InChI=1S/C9H8ClF3OS/c10-8-2-1-7(15-8)5-6(14)3-4-9(11,12)13/h1-2H,3-5H2. The van der Waals surface area contributed by atoms with Crippen molar-refractivity contribution < 1.29 is 18.0 Å². The third kappa shape index (κ3) is 5.18. The molecule has 0 amide bonds. The molecule has 15 heavy (non-hydrogen) atoms. The van der Waals surface area contributed by atoms with Crippen molar-refractivity contribution in [3.05, 3.63) is 21.3 Å². The molecular weight excluding hydrogens is 249 g/mol. The molecule has 0 atom stereocenters. The van der Waals surface area contributed by atoms with Gasteiger partial charge in [-0.25, -0.2) is 0 Å². The van der Waals surface area contributed by atoms with E-state index >= 15 is 0 Å². The van der Waals surface area contributed by atoms with Gasteiger partial charge in [0, 0.05) is 17.7 Å². The Balaban J connectivity index is 2.37. The first-order valence-electron chi connectivity index (χ1n) is 4.19. The molecule has 1 nitrogen and oxygen atoms in total. The first-order valence-corrected chi connectivity index (χ1v) is 5.39. The topological polar surface area (TPSA) is 17.1 Å². The van der Waals surface area contributed by atoms with Crippen molar-refractivity contribution in [3.8, 4) is 0 Å². The molecule has 0 fully saturated rings. The summed E-state index contributed by atoms with van der Waals surface area (Å²) in [4.78, 5) is 11.8. The Morgan fingerprint density at radius 1 is 1.40 bits per heavy atom. The smallest absolute Gasteiger partial charge is 0.299 e. The molecule has 0 aliphatic carbocycles. The minimum atomic E-state index is -4.26. The maximum atomic E-state index is 11.8. The van der Waals surface area contributed by atoms with Gasteiger partial charge in [-0.3, -0.25) is 4.79 Å². The molecule has 0 spiro atoms. The molecule has 0 unspecified atom stereocenters. The van der Waals surface area contributed by atoms with Crippen LogP contribution >= 0.6 is 22.9 Å². The van der Waals surface area contributed by atoms with Crippen LogP contribution < -0.4 is 0 Å². The van der Waals surface area contributed by atoms with E-state index in [1.807, 2.05) is 0 Å². The molecule has 1 heterocycles. The first kappa shape index (κ1) is 12.5. The number of hydrogen-bond acceptors (Lipinski definition) is 2. The average molecular weight is 257 g/mol. The predicted octanol–water partition coefficient (Wildman–Crippen LogP) is 3.86. The predicted molar refractivity (Wildman–Crippen MR) is 53.3 cm³/mol. The molecule has 0 bridgehead atoms. The molecule has 1 rings (SSSR count). The molecule has 0 radical (unpaired) electrons. The van der Waals surface area contributed by atoms with Crippen LogP contribution in [0.15, 0.2) is 12.1 Å². The lowest BCUT2D eigenvalue weighted by Crippen LogP contribution is -2.11. The van der Waals surface area contributed by atoms with E-state index in [1.54, 1.807) is 12.1 Å². The zero-order valence-corrected chi connectivity index (χ0v) is 9.18. The van der Waals surface area contributed by atoms with Crippen molar-refractivity contribution >= 4 is 28.7 Å². The van der Waals surface area contributed by atoms with E-state index in [-0.39, 0.29) is 6.42 Å². The van der Waals surface area contributed by atoms with Gasteiger partial charge in [0.1, 0.15) is 5.78 Å². The zero-order valence-electron chi connectivity index (χ0n) is 7.60. The number of halogens is 4. The number of Topliss-reactive ketones (excluding diaryl/α,β-unsaturated/α-hetero) is 1. The summed E-state index contributed by atoms with van der Waals surface area (Å²) in [5.74, 6) is -0.411. The number of ketones is 1. The monoisotopic (exact) mass is 256 g/mol. The number of rotatable bonds is 4. The van der Waals surface area contributed by atoms with Crippen molar-refractivity contribution in [2.24, 2.45) is 0 Å². The highest BCUT2D eigenvalue weighted by Crippen LogP contribution is 2.24. The van der Waals surface area contributed by atoms with E-state index in [0.29, 0.717) is 9.21 Å². The van der Waals surface area contributed by atoms with Crippen LogP contribution in [0.5, 0.6) is 0 Å². The minimum absolute atomic E-state index is 0.0352. The third-order valence-corrected chi connectivity index (χ3v) is 2.92. The summed E-state index contributed by atoms with van der Waals surface area (Å²) in [7, 11) is 0. The van der Waals surface area contributed by atoms with Crippen LogP contribution in [0, 0.1) is 0 Å². The molecular formula is C9H8ClF3OS. The largest absolute Gasteiger partial charge is 0.389 e. The van der Waals surface area contributed by atoms with Crippen LogP contribution in [0.4, 0.5) is 13.2 Å². The van der Waals surface area contributed by atoms with Crippen LogP contribution in [-0.4, -0.2) is 12.0 Å². The number of alkyl halides is 3. The molecule has 0 aliphatic rings. The second-order valence-corrected chi connectivity index (χ2v) is 4.84. The fraction of sp³-hybridized carbons (Fsp3) is 0.444. The molecule has 0 N–H and O–H groups in total. The van der Waals surface area contributed by atoms with E-state index in [4.69, 9.17) is 11.6 Å². The third-order valence-electron chi connectivity index (χ3n) is 1.69. The summed E-state index contributed by atoms with van der Waals surface area (Å²) in [5, 5.41) is 0. The van der Waals surface area contributed by atoms with E-state index in [0.717, 1.165) is 0 Å². The Bertz CT molecular complexity index is 345. The van der Waals surface area contributed by atoms with Gasteiger partial charge in [-0.1, -0.05) is 11.6 Å². The molecule has 6 heteroatoms. The highest BCUT2D eigenvalue weighted by Gasteiger charge is 2.27. The van der Waals surface area contributed by atoms with Gasteiger partial charge in [0.05, 0.1) is 10.8 Å². The van der Waals surface area contributed by atoms with Crippen molar-refractivity contribution in [2.75, 3.05) is 0 Å². The van der Waals surface area contributed by atoms with Crippen LogP contribution in [-0.2, 0) is 11.2 Å². The van der Waals surface area contributed by atoms with Gasteiger partial charge in [0.2, 0.25) is 0 Å². The highest BCUT2D eigenvalue weighted by molar-refractivity contribution is 7.16. The van der Waals surface area contributed by atoms with E-state index in [9.17, 15) is 18.0 Å². The van der Waals surface area contributed by atoms with Crippen molar-refractivity contribution in [2.45, 2.75) is 25.4 Å². The van der Waals surface area contributed by atoms with Gasteiger partial charge >= 0.3 is 6.18 Å². The SMILES string of the molecule is O=C(CCC(F)(F)F)Cc1ccc(Cl)s1. The number of carbonyl (C=O) groups excluding carboxylic acids is 1. The van der Waals surface area contributed by atoms with E-state index in [2.05, 4.69) is 0 Å². The second kappa shape index (κ2) is 4.99. The van der Waals surface area contributed by atoms with E-state index < -0.39 is 24.8 Å². The van der Waals surface area contributed by atoms with Gasteiger partial charge in [-0.05, 0) is 12.1 Å². The van der Waals surface area contributed by atoms with Gasteiger partial charge in [-0.2, -0.15) is 13.2 Å². The summed E-state index contributed by atoms with van der Waals surface area (Å²) < 4.78 is 35.9. The molecule has 84 valence electrons. The molecule has 0 saturated heterocycles. The molecule has 1 aromatic rings. The number of hydrogen-bond donors (Lipinski definition) is 0. The number of carbonyl (C=O) groups is 1. The lowest BCUT2D eigenvalue weighted by Gasteiger charge is -2.04. The van der Waals surface area contributed by atoms with Crippen molar-refractivity contribution in [3.63, 3.8) is 0 Å².